The molecule has 42 heavy (non-hydrogen) atoms. The number of rotatable bonds is 13. The van der Waals surface area contributed by atoms with E-state index in [4.69, 9.17) is 28.4 Å². The second-order valence-corrected chi connectivity index (χ2v) is 10.2. The van der Waals surface area contributed by atoms with Crippen LogP contribution in [-0.4, -0.2) is 55.9 Å². The van der Waals surface area contributed by atoms with E-state index in [1.54, 1.807) is 26.4 Å². The molecule has 0 unspecified atom stereocenters. The van der Waals surface area contributed by atoms with Crippen molar-refractivity contribution in [3.05, 3.63) is 132 Å². The van der Waals surface area contributed by atoms with Crippen LogP contribution >= 0.6 is 0 Å². The number of ether oxygens (including phenoxy) is 6. The van der Waals surface area contributed by atoms with Crippen LogP contribution in [0.5, 0.6) is 11.5 Å². The van der Waals surface area contributed by atoms with E-state index in [1.165, 1.54) is 0 Å². The van der Waals surface area contributed by atoms with Gasteiger partial charge in [-0.15, -0.1) is 0 Å². The predicted octanol–water partition coefficient (Wildman–Crippen LogP) is 5.59. The standard InChI is InChI=1S/C35H38O7/c1-37-28-18-20-29(21-19-28)42-32-30(36)31(39-22-25-12-6-3-7-13-25)34(40-23-26-14-8-4-9-15-26)35(33(32)38-2)41-24-27-16-10-5-11-17-27/h3-21,30-36H,22-24H2,1-2H3/t30-,31-,32+,33+,34+,35+/m1/s1. The molecule has 0 saturated heterocycles. The maximum atomic E-state index is 11.9. The largest absolute Gasteiger partial charge is 0.497 e. The Kier molecular flexibility index (Phi) is 10.6. The van der Waals surface area contributed by atoms with Crippen molar-refractivity contribution in [3.63, 3.8) is 0 Å². The maximum absolute atomic E-state index is 11.9. The molecule has 0 radical (unpaired) electrons. The third kappa shape index (κ3) is 7.56. The monoisotopic (exact) mass is 570 g/mol. The van der Waals surface area contributed by atoms with Gasteiger partial charge in [0, 0.05) is 7.11 Å². The molecule has 0 spiro atoms. The fourth-order valence-corrected chi connectivity index (χ4v) is 5.23. The molecule has 0 amide bonds. The first kappa shape index (κ1) is 29.8. The number of aliphatic hydroxyl groups is 1. The highest BCUT2D eigenvalue weighted by molar-refractivity contribution is 5.31. The van der Waals surface area contributed by atoms with Crippen LogP contribution in [0.25, 0.3) is 0 Å². The Hall–Kier alpha value is -3.72. The van der Waals surface area contributed by atoms with Crippen molar-refractivity contribution in [2.24, 2.45) is 0 Å². The Balaban J connectivity index is 1.46. The van der Waals surface area contributed by atoms with Crippen LogP contribution in [0.2, 0.25) is 0 Å². The summed E-state index contributed by atoms with van der Waals surface area (Å²) in [6.07, 6.45) is -4.60. The summed E-state index contributed by atoms with van der Waals surface area (Å²) in [6, 6.07) is 36.9. The zero-order valence-corrected chi connectivity index (χ0v) is 24.0. The van der Waals surface area contributed by atoms with Crippen LogP contribution in [0, 0.1) is 0 Å². The molecule has 1 fully saturated rings. The Bertz CT molecular complexity index is 1320. The fraction of sp³-hybridized carbons (Fsp3) is 0.314. The topological polar surface area (TPSA) is 75.6 Å². The number of methoxy groups -OCH3 is 2. The molecule has 1 saturated carbocycles. The van der Waals surface area contributed by atoms with Gasteiger partial charge in [-0.25, -0.2) is 0 Å². The minimum absolute atomic E-state index is 0.284. The molecule has 0 aliphatic heterocycles. The van der Waals surface area contributed by atoms with Crippen LogP contribution in [0.3, 0.4) is 0 Å². The van der Waals surface area contributed by atoms with Gasteiger partial charge >= 0.3 is 0 Å². The van der Waals surface area contributed by atoms with Crippen molar-refractivity contribution < 1.29 is 33.5 Å². The summed E-state index contributed by atoms with van der Waals surface area (Å²) >= 11 is 0. The summed E-state index contributed by atoms with van der Waals surface area (Å²) in [5.41, 5.74) is 2.99. The summed E-state index contributed by atoms with van der Waals surface area (Å²) in [6.45, 7) is 0.925. The van der Waals surface area contributed by atoms with E-state index in [0.29, 0.717) is 24.7 Å². The fourth-order valence-electron chi connectivity index (χ4n) is 5.23. The van der Waals surface area contributed by atoms with E-state index in [2.05, 4.69) is 0 Å². The zero-order chi connectivity index (χ0) is 29.1. The van der Waals surface area contributed by atoms with Crippen molar-refractivity contribution in [1.29, 1.82) is 0 Å². The summed E-state index contributed by atoms with van der Waals surface area (Å²) in [7, 11) is 3.21. The lowest BCUT2D eigenvalue weighted by Gasteiger charge is -2.48. The molecule has 0 bridgehead atoms. The van der Waals surface area contributed by atoms with E-state index in [1.807, 2.05) is 103 Å². The molecule has 1 aliphatic rings. The minimum atomic E-state index is -1.09. The second kappa shape index (κ2) is 15.0. The number of benzene rings is 4. The Labute approximate surface area is 247 Å². The normalized spacial score (nSPS) is 23.8. The molecule has 1 aliphatic carbocycles. The molecule has 220 valence electrons. The highest BCUT2D eigenvalue weighted by atomic mass is 16.6. The van der Waals surface area contributed by atoms with Crippen molar-refractivity contribution in [3.8, 4) is 11.5 Å². The van der Waals surface area contributed by atoms with Gasteiger partial charge in [0.05, 0.1) is 26.9 Å². The quantitative estimate of drug-likeness (QED) is 0.225. The van der Waals surface area contributed by atoms with Crippen molar-refractivity contribution in [1.82, 2.24) is 0 Å². The van der Waals surface area contributed by atoms with Crippen LogP contribution in [-0.2, 0) is 38.8 Å². The number of aliphatic hydroxyl groups excluding tert-OH is 1. The molecule has 0 heterocycles. The lowest BCUT2D eigenvalue weighted by atomic mass is 9.83. The Morgan fingerprint density at radius 1 is 0.476 bits per heavy atom. The molecule has 0 aromatic heterocycles. The van der Waals surface area contributed by atoms with Gasteiger partial charge in [0.1, 0.15) is 42.0 Å². The lowest BCUT2D eigenvalue weighted by Crippen LogP contribution is -2.67. The van der Waals surface area contributed by atoms with Gasteiger partial charge in [0.2, 0.25) is 0 Å². The summed E-state index contributed by atoms with van der Waals surface area (Å²) < 4.78 is 37.3. The SMILES string of the molecule is COc1ccc(O[C@H]2[C@H](O)[C@@H](OCc3ccccc3)[C@H](OCc3ccccc3)[C@@H](OCc3ccccc3)[C@H]2OC)cc1. The average molecular weight is 571 g/mol. The summed E-state index contributed by atoms with van der Waals surface area (Å²) in [4.78, 5) is 0. The van der Waals surface area contributed by atoms with E-state index >= 15 is 0 Å². The molecule has 4 aromatic rings. The predicted molar refractivity (Wildman–Crippen MR) is 159 cm³/mol. The molecule has 5 rings (SSSR count). The van der Waals surface area contributed by atoms with Gasteiger partial charge in [0.25, 0.3) is 0 Å². The van der Waals surface area contributed by atoms with Crippen molar-refractivity contribution in [2.45, 2.75) is 56.4 Å². The number of hydrogen-bond donors (Lipinski definition) is 1. The minimum Gasteiger partial charge on any atom is -0.497 e. The summed E-state index contributed by atoms with van der Waals surface area (Å²) in [5, 5.41) is 11.9. The van der Waals surface area contributed by atoms with Gasteiger partial charge < -0.3 is 33.5 Å². The molecule has 6 atom stereocenters. The molecular weight excluding hydrogens is 532 g/mol. The van der Waals surface area contributed by atoms with Gasteiger partial charge in [-0.2, -0.15) is 0 Å². The van der Waals surface area contributed by atoms with Gasteiger partial charge in [-0.1, -0.05) is 91.0 Å². The highest BCUT2D eigenvalue weighted by Gasteiger charge is 2.54. The lowest BCUT2D eigenvalue weighted by molar-refractivity contribution is -0.263. The van der Waals surface area contributed by atoms with Crippen LogP contribution in [0.15, 0.2) is 115 Å². The van der Waals surface area contributed by atoms with Gasteiger partial charge in [-0.05, 0) is 41.0 Å². The summed E-state index contributed by atoms with van der Waals surface area (Å²) in [5.74, 6) is 1.27. The zero-order valence-electron chi connectivity index (χ0n) is 24.0. The molecule has 7 heteroatoms. The van der Waals surface area contributed by atoms with Crippen LogP contribution in [0.4, 0.5) is 0 Å². The van der Waals surface area contributed by atoms with E-state index in [0.717, 1.165) is 16.7 Å². The van der Waals surface area contributed by atoms with E-state index in [9.17, 15) is 5.11 Å². The van der Waals surface area contributed by atoms with Crippen molar-refractivity contribution >= 4 is 0 Å². The van der Waals surface area contributed by atoms with Crippen molar-refractivity contribution in [2.75, 3.05) is 14.2 Å². The first-order valence-electron chi connectivity index (χ1n) is 14.1. The molecular formula is C35H38O7. The molecule has 1 N–H and O–H groups in total. The Morgan fingerprint density at radius 2 is 0.881 bits per heavy atom. The average Bonchev–Trinajstić information content (AvgIpc) is 3.05. The smallest absolute Gasteiger partial charge is 0.156 e. The van der Waals surface area contributed by atoms with Gasteiger partial charge in [0.15, 0.2) is 6.10 Å². The third-order valence-corrected chi connectivity index (χ3v) is 7.43. The van der Waals surface area contributed by atoms with Gasteiger partial charge in [-0.3, -0.25) is 0 Å². The Morgan fingerprint density at radius 3 is 1.31 bits per heavy atom. The molecule has 4 aromatic carbocycles. The van der Waals surface area contributed by atoms with E-state index < -0.39 is 36.6 Å². The third-order valence-electron chi connectivity index (χ3n) is 7.43. The first-order valence-corrected chi connectivity index (χ1v) is 14.1. The van der Waals surface area contributed by atoms with E-state index in [-0.39, 0.29) is 6.61 Å². The second-order valence-electron chi connectivity index (χ2n) is 10.2. The maximum Gasteiger partial charge on any atom is 0.156 e. The highest BCUT2D eigenvalue weighted by Crippen LogP contribution is 2.34. The van der Waals surface area contributed by atoms with Crippen LogP contribution < -0.4 is 9.47 Å². The first-order chi connectivity index (χ1) is 20.7. The molecule has 7 nitrogen and oxygen atoms in total. The van der Waals surface area contributed by atoms with Crippen LogP contribution in [0.1, 0.15) is 16.7 Å². The number of hydrogen-bond acceptors (Lipinski definition) is 7.